The van der Waals surface area contributed by atoms with Crippen molar-refractivity contribution in [3.63, 3.8) is 0 Å². The SMILES string of the molecule is Cc1ccc(C(=O)OC(C(=O)O)C(OC(=O)c2ccc(C)cc2)C(=O)O)cc1.O=C1CO[C@H]2CCNC[C@H]2N1.O=C1CO[C@H]2CCNC[C@H]2N1. The van der Waals surface area contributed by atoms with Crippen molar-refractivity contribution in [2.24, 2.45) is 0 Å². The number of carbonyl (C=O) groups is 6. The highest BCUT2D eigenvalue weighted by Crippen LogP contribution is 2.15. The minimum atomic E-state index is -2.22. The number of esters is 2. The maximum Gasteiger partial charge on any atom is 0.349 e. The molecule has 6 N–H and O–H groups in total. The van der Waals surface area contributed by atoms with Gasteiger partial charge in [-0.3, -0.25) is 9.59 Å². The van der Waals surface area contributed by atoms with E-state index in [2.05, 4.69) is 21.3 Å². The van der Waals surface area contributed by atoms with Crippen LogP contribution in [-0.2, 0) is 38.1 Å². The highest BCUT2D eigenvalue weighted by Gasteiger charge is 2.41. The van der Waals surface area contributed by atoms with Crippen LogP contribution < -0.4 is 21.3 Å². The van der Waals surface area contributed by atoms with Gasteiger partial charge in [0.15, 0.2) is 0 Å². The van der Waals surface area contributed by atoms with Crippen molar-refractivity contribution < 1.29 is 57.9 Å². The van der Waals surface area contributed by atoms with Crippen molar-refractivity contribution in [1.82, 2.24) is 21.3 Å². The highest BCUT2D eigenvalue weighted by molar-refractivity contribution is 5.95. The van der Waals surface area contributed by atoms with E-state index < -0.39 is 36.1 Å². The number of amides is 2. The first-order chi connectivity index (χ1) is 23.9. The fraction of sp³-hybridized carbons (Fsp3) is 0.471. The topological polar surface area (TPSA) is 228 Å². The molecule has 270 valence electrons. The number of morpholine rings is 2. The molecular formula is C34H42N4O12. The van der Waals surface area contributed by atoms with E-state index in [-0.39, 0.29) is 60.4 Å². The zero-order valence-corrected chi connectivity index (χ0v) is 27.7. The van der Waals surface area contributed by atoms with Gasteiger partial charge in [-0.2, -0.15) is 0 Å². The molecule has 16 nitrogen and oxygen atoms in total. The zero-order chi connectivity index (χ0) is 36.2. The van der Waals surface area contributed by atoms with Crippen LogP contribution in [0.25, 0.3) is 0 Å². The Hall–Kier alpha value is -4.90. The number of carboxylic acids is 2. The molecule has 6 rings (SSSR count). The number of rotatable bonds is 7. The van der Waals surface area contributed by atoms with Crippen LogP contribution in [-0.4, -0.2) is 122 Å². The lowest BCUT2D eigenvalue weighted by atomic mass is 10.0. The number of piperidine rings is 2. The third-order valence-electron chi connectivity index (χ3n) is 8.19. The highest BCUT2D eigenvalue weighted by atomic mass is 16.6. The van der Waals surface area contributed by atoms with Crippen LogP contribution in [0, 0.1) is 13.8 Å². The Kier molecular flexibility index (Phi) is 13.8. The molecule has 4 saturated heterocycles. The number of hydrogen-bond donors (Lipinski definition) is 6. The molecule has 4 aliphatic heterocycles. The summed E-state index contributed by atoms with van der Waals surface area (Å²) in [6, 6.07) is 12.5. The Morgan fingerprint density at radius 3 is 1.36 bits per heavy atom. The first-order valence-corrected chi connectivity index (χ1v) is 16.2. The number of nitrogens with one attached hydrogen (secondary N) is 4. The summed E-state index contributed by atoms with van der Waals surface area (Å²) in [6.07, 6.45) is -1.94. The van der Waals surface area contributed by atoms with Crippen molar-refractivity contribution in [3.05, 3.63) is 70.8 Å². The Labute approximate surface area is 288 Å². The molecule has 0 aromatic heterocycles. The van der Waals surface area contributed by atoms with E-state index >= 15 is 0 Å². The molecule has 16 heteroatoms. The summed E-state index contributed by atoms with van der Waals surface area (Å²) in [4.78, 5) is 69.0. The molecule has 0 saturated carbocycles. The van der Waals surface area contributed by atoms with Gasteiger partial charge in [-0.15, -0.1) is 0 Å². The predicted octanol–water partition coefficient (Wildman–Crippen LogP) is -0.0498. The first kappa shape index (κ1) is 37.9. The van der Waals surface area contributed by atoms with Gasteiger partial charge in [0.1, 0.15) is 13.2 Å². The number of aliphatic carboxylic acids is 2. The van der Waals surface area contributed by atoms with Crippen LogP contribution in [0.15, 0.2) is 48.5 Å². The molecule has 0 bridgehead atoms. The quantitative estimate of drug-likeness (QED) is 0.209. The van der Waals surface area contributed by atoms with Crippen molar-refractivity contribution in [3.8, 4) is 0 Å². The van der Waals surface area contributed by atoms with Gasteiger partial charge < -0.3 is 50.4 Å². The molecule has 2 unspecified atom stereocenters. The summed E-state index contributed by atoms with van der Waals surface area (Å²) < 4.78 is 20.3. The minimum Gasteiger partial charge on any atom is -0.478 e. The van der Waals surface area contributed by atoms with Crippen LogP contribution in [0.1, 0.15) is 44.7 Å². The third-order valence-corrected chi connectivity index (χ3v) is 8.19. The second-order valence-corrected chi connectivity index (χ2v) is 12.1. The smallest absolute Gasteiger partial charge is 0.349 e. The molecule has 6 atom stereocenters. The maximum absolute atomic E-state index is 12.2. The van der Waals surface area contributed by atoms with Gasteiger partial charge in [-0.1, -0.05) is 35.4 Å². The van der Waals surface area contributed by atoms with Gasteiger partial charge in [0.25, 0.3) is 0 Å². The van der Waals surface area contributed by atoms with E-state index in [0.29, 0.717) is 0 Å². The zero-order valence-electron chi connectivity index (χ0n) is 27.7. The summed E-state index contributed by atoms with van der Waals surface area (Å²) in [6.45, 7) is 7.74. The van der Waals surface area contributed by atoms with Crippen LogP contribution in [0.4, 0.5) is 0 Å². The molecule has 0 radical (unpaired) electrons. The van der Waals surface area contributed by atoms with Crippen molar-refractivity contribution in [2.75, 3.05) is 39.4 Å². The van der Waals surface area contributed by atoms with E-state index in [1.807, 2.05) is 0 Å². The predicted molar refractivity (Wildman–Crippen MR) is 174 cm³/mol. The van der Waals surface area contributed by atoms with E-state index in [0.717, 1.165) is 50.1 Å². The Morgan fingerprint density at radius 1 is 0.660 bits per heavy atom. The van der Waals surface area contributed by atoms with Crippen LogP contribution in [0.3, 0.4) is 0 Å². The summed E-state index contributed by atoms with van der Waals surface area (Å²) in [5, 5.41) is 30.8. The van der Waals surface area contributed by atoms with E-state index in [4.69, 9.17) is 18.9 Å². The van der Waals surface area contributed by atoms with E-state index in [9.17, 15) is 39.0 Å². The van der Waals surface area contributed by atoms with Gasteiger partial charge in [0.2, 0.25) is 24.0 Å². The van der Waals surface area contributed by atoms with Gasteiger partial charge in [0.05, 0.1) is 35.4 Å². The number of aryl methyl sites for hydroxylation is 2. The minimum absolute atomic E-state index is 0.00921. The lowest BCUT2D eigenvalue weighted by Crippen LogP contribution is -2.59. The molecule has 4 fully saturated rings. The maximum atomic E-state index is 12.2. The number of hydrogen-bond acceptors (Lipinski definition) is 12. The molecule has 4 heterocycles. The largest absolute Gasteiger partial charge is 0.478 e. The standard InChI is InChI=1S/C20H18O8.2C7H12N2O2/c1-11-3-7-13(8-4-11)19(25)27-15(17(21)22)16(18(23)24)28-20(26)14-9-5-12(2)6-10-14;2*10-7-4-11-6-1-2-8-3-5(6)9-7/h3-10,15-16H,1-2H3,(H,21,22)(H,23,24);2*5-6,8H,1-4H2,(H,9,10)/t;2*5-,6+/m.11/s1. The average Bonchev–Trinajstić information content (AvgIpc) is 3.10. The van der Waals surface area contributed by atoms with Crippen LogP contribution >= 0.6 is 0 Å². The number of carboxylic acid groups (broad SMARTS) is 2. The van der Waals surface area contributed by atoms with E-state index in [1.54, 1.807) is 38.1 Å². The average molecular weight is 699 g/mol. The van der Waals surface area contributed by atoms with Gasteiger partial charge >= 0.3 is 23.9 Å². The fourth-order valence-corrected chi connectivity index (χ4v) is 5.45. The second kappa shape index (κ2) is 18.2. The molecule has 0 spiro atoms. The monoisotopic (exact) mass is 698 g/mol. The molecule has 4 aliphatic rings. The Morgan fingerprint density at radius 2 is 1.02 bits per heavy atom. The second-order valence-electron chi connectivity index (χ2n) is 12.1. The van der Waals surface area contributed by atoms with Crippen molar-refractivity contribution in [1.29, 1.82) is 0 Å². The molecule has 0 aliphatic carbocycles. The normalized spacial score (nSPS) is 23.6. The van der Waals surface area contributed by atoms with E-state index in [1.165, 1.54) is 24.3 Å². The van der Waals surface area contributed by atoms with Crippen molar-refractivity contribution >= 4 is 35.7 Å². The fourth-order valence-electron chi connectivity index (χ4n) is 5.45. The Bertz CT molecular complexity index is 1400. The molecular weight excluding hydrogens is 656 g/mol. The summed E-state index contributed by atoms with van der Waals surface area (Å²) in [7, 11) is 0. The number of ether oxygens (including phenoxy) is 4. The first-order valence-electron chi connectivity index (χ1n) is 16.2. The third kappa shape index (κ3) is 11.1. The lowest BCUT2D eigenvalue weighted by Gasteiger charge is -2.35. The van der Waals surface area contributed by atoms with Gasteiger partial charge in [0, 0.05) is 13.1 Å². The molecule has 50 heavy (non-hydrogen) atoms. The lowest BCUT2D eigenvalue weighted by molar-refractivity contribution is -0.166. The summed E-state index contributed by atoms with van der Waals surface area (Å²) in [5.74, 6) is -5.60. The molecule has 2 aromatic rings. The molecule has 2 amide bonds. The van der Waals surface area contributed by atoms with Gasteiger partial charge in [-0.05, 0) is 64.0 Å². The van der Waals surface area contributed by atoms with Crippen LogP contribution in [0.2, 0.25) is 0 Å². The number of fused-ring (bicyclic) bond motifs is 2. The Balaban J connectivity index is 0.000000205. The summed E-state index contributed by atoms with van der Waals surface area (Å²) >= 11 is 0. The summed E-state index contributed by atoms with van der Waals surface area (Å²) in [5.41, 5.74) is 1.79. The number of benzene rings is 2. The van der Waals surface area contributed by atoms with Gasteiger partial charge in [-0.25, -0.2) is 19.2 Å². The number of carbonyl (C=O) groups excluding carboxylic acids is 4. The van der Waals surface area contributed by atoms with Crippen LogP contribution in [0.5, 0.6) is 0 Å². The molecule has 2 aromatic carbocycles. The van der Waals surface area contributed by atoms with Crippen molar-refractivity contribution in [2.45, 2.75) is 63.2 Å².